The minimum Gasteiger partial charge on any atom is -0.493 e. The predicted octanol–water partition coefficient (Wildman–Crippen LogP) is 5.17. The number of nitrogens with zero attached hydrogens (tertiary/aromatic N) is 1. The number of nitrogens with one attached hydrogen (secondary N) is 2. The van der Waals surface area contributed by atoms with E-state index in [0.717, 1.165) is 11.3 Å². The minimum absolute atomic E-state index is 0.0621. The molecule has 0 radical (unpaired) electrons. The molecule has 0 aromatic heterocycles. The number of amides is 2. The molecule has 0 bridgehead atoms. The molecular formula is C26H22IN3O4. The van der Waals surface area contributed by atoms with Crippen molar-refractivity contribution >= 4 is 51.9 Å². The van der Waals surface area contributed by atoms with E-state index in [4.69, 9.17) is 9.47 Å². The fourth-order valence-electron chi connectivity index (χ4n) is 3.04. The summed E-state index contributed by atoms with van der Waals surface area (Å²) in [6, 6.07) is 21.7. The Balaban J connectivity index is 1.74. The van der Waals surface area contributed by atoms with Crippen molar-refractivity contribution < 1.29 is 19.1 Å². The third-order valence-corrected chi connectivity index (χ3v) is 5.53. The minimum atomic E-state index is -0.518. The molecule has 0 aliphatic carbocycles. The first-order chi connectivity index (χ1) is 16.4. The van der Waals surface area contributed by atoms with Gasteiger partial charge in [-0.2, -0.15) is 5.26 Å². The molecule has 2 amide bonds. The number of hydrogen-bond acceptors (Lipinski definition) is 5. The third-order valence-electron chi connectivity index (χ3n) is 4.73. The molecule has 8 heteroatoms. The van der Waals surface area contributed by atoms with E-state index in [1.54, 1.807) is 36.4 Å². The van der Waals surface area contributed by atoms with Crippen LogP contribution >= 0.6 is 22.6 Å². The highest BCUT2D eigenvalue weighted by Gasteiger charge is 2.15. The highest BCUT2D eigenvalue weighted by atomic mass is 127. The lowest BCUT2D eigenvalue weighted by molar-refractivity contribution is -0.118. The first-order valence-corrected chi connectivity index (χ1v) is 11.3. The summed E-state index contributed by atoms with van der Waals surface area (Å²) in [7, 11) is 1.48. The Bertz CT molecular complexity index is 1270. The average Bonchev–Trinajstić information content (AvgIpc) is 2.83. The zero-order valence-electron chi connectivity index (χ0n) is 18.6. The van der Waals surface area contributed by atoms with Crippen LogP contribution in [0.5, 0.6) is 11.5 Å². The lowest BCUT2D eigenvalue weighted by Crippen LogP contribution is -2.21. The predicted molar refractivity (Wildman–Crippen MR) is 140 cm³/mol. The number of rotatable bonds is 8. The maximum Gasteiger partial charge on any atom is 0.266 e. The molecule has 172 valence electrons. The Kier molecular flexibility index (Phi) is 8.65. The van der Waals surface area contributed by atoms with Crippen molar-refractivity contribution in [3.63, 3.8) is 0 Å². The van der Waals surface area contributed by atoms with Crippen molar-refractivity contribution in [2.45, 2.75) is 6.92 Å². The number of carbonyl (C=O) groups excluding carboxylic acids is 2. The number of para-hydroxylation sites is 2. The van der Waals surface area contributed by atoms with Gasteiger partial charge < -0.3 is 20.1 Å². The van der Waals surface area contributed by atoms with Gasteiger partial charge in [0.15, 0.2) is 18.1 Å². The monoisotopic (exact) mass is 567 g/mol. The van der Waals surface area contributed by atoms with E-state index in [-0.39, 0.29) is 18.1 Å². The summed E-state index contributed by atoms with van der Waals surface area (Å²) in [6.07, 6.45) is 1.47. The van der Waals surface area contributed by atoms with E-state index in [0.29, 0.717) is 26.3 Å². The molecule has 0 saturated carbocycles. The van der Waals surface area contributed by atoms with Crippen molar-refractivity contribution in [1.29, 1.82) is 5.26 Å². The SMILES string of the molecule is COc1cc(/C=C(\C#N)C(=O)Nc2ccccc2)cc(I)c1OCC(=O)Nc1ccccc1C. The summed E-state index contributed by atoms with van der Waals surface area (Å²) in [4.78, 5) is 24.9. The molecule has 7 nitrogen and oxygen atoms in total. The van der Waals surface area contributed by atoms with Crippen LogP contribution in [-0.4, -0.2) is 25.5 Å². The first kappa shape index (κ1) is 24.8. The largest absolute Gasteiger partial charge is 0.493 e. The summed E-state index contributed by atoms with van der Waals surface area (Å²) in [5.41, 5.74) is 2.78. The van der Waals surface area contributed by atoms with E-state index in [1.807, 2.05) is 43.3 Å². The number of methoxy groups -OCH3 is 1. The van der Waals surface area contributed by atoms with Gasteiger partial charge in [-0.05, 0) is 77.0 Å². The van der Waals surface area contributed by atoms with E-state index >= 15 is 0 Å². The van der Waals surface area contributed by atoms with Crippen molar-refractivity contribution in [3.05, 3.63) is 87.0 Å². The Morgan fingerprint density at radius 3 is 2.44 bits per heavy atom. The zero-order chi connectivity index (χ0) is 24.5. The number of aryl methyl sites for hydroxylation is 1. The van der Waals surface area contributed by atoms with Gasteiger partial charge in [0.25, 0.3) is 11.8 Å². The molecule has 2 N–H and O–H groups in total. The van der Waals surface area contributed by atoms with Gasteiger partial charge in [0.05, 0.1) is 10.7 Å². The van der Waals surface area contributed by atoms with Crippen LogP contribution in [0.4, 0.5) is 11.4 Å². The summed E-state index contributed by atoms with van der Waals surface area (Å²) in [5, 5.41) is 15.0. The molecule has 0 atom stereocenters. The van der Waals surface area contributed by atoms with Gasteiger partial charge in [0.2, 0.25) is 0 Å². The van der Waals surface area contributed by atoms with Crippen LogP contribution in [0.3, 0.4) is 0 Å². The maximum atomic E-state index is 12.5. The van der Waals surface area contributed by atoms with Crippen molar-refractivity contribution in [2.24, 2.45) is 0 Å². The number of anilines is 2. The van der Waals surface area contributed by atoms with Crippen molar-refractivity contribution in [2.75, 3.05) is 24.4 Å². The fourth-order valence-corrected chi connectivity index (χ4v) is 3.82. The number of nitriles is 1. The van der Waals surface area contributed by atoms with E-state index in [1.165, 1.54) is 13.2 Å². The van der Waals surface area contributed by atoms with E-state index in [2.05, 4.69) is 33.2 Å². The third kappa shape index (κ3) is 6.59. The lowest BCUT2D eigenvalue weighted by atomic mass is 10.1. The summed E-state index contributed by atoms with van der Waals surface area (Å²) in [5.74, 6) is -0.0496. The Morgan fingerprint density at radius 1 is 1.06 bits per heavy atom. The standard InChI is InChI=1S/C26H22IN3O4/c1-17-8-6-7-11-22(17)30-24(31)16-34-25-21(27)13-18(14-23(25)33-2)12-19(15-28)26(32)29-20-9-4-3-5-10-20/h3-14H,16H2,1-2H3,(H,29,32)(H,30,31)/b19-12+. The second kappa shape index (κ2) is 11.9. The molecule has 0 spiro atoms. The van der Waals surface area contributed by atoms with E-state index < -0.39 is 5.91 Å². The maximum absolute atomic E-state index is 12.5. The zero-order valence-corrected chi connectivity index (χ0v) is 20.8. The molecule has 34 heavy (non-hydrogen) atoms. The van der Waals surface area contributed by atoms with Crippen LogP contribution in [0.25, 0.3) is 6.08 Å². The highest BCUT2D eigenvalue weighted by molar-refractivity contribution is 14.1. The van der Waals surface area contributed by atoms with Crippen molar-refractivity contribution in [1.82, 2.24) is 0 Å². The molecule has 3 rings (SSSR count). The van der Waals surface area contributed by atoms with Gasteiger partial charge >= 0.3 is 0 Å². The average molecular weight is 567 g/mol. The van der Waals surface area contributed by atoms with Crippen LogP contribution in [0.15, 0.2) is 72.3 Å². The quantitative estimate of drug-likeness (QED) is 0.222. The number of benzene rings is 3. The van der Waals surface area contributed by atoms with Crippen LogP contribution < -0.4 is 20.1 Å². The van der Waals surface area contributed by atoms with Crippen LogP contribution in [0, 0.1) is 21.8 Å². The van der Waals surface area contributed by atoms with E-state index in [9.17, 15) is 14.9 Å². The highest BCUT2D eigenvalue weighted by Crippen LogP contribution is 2.34. The first-order valence-electron chi connectivity index (χ1n) is 10.2. The molecule has 0 aliphatic rings. The molecule has 0 saturated heterocycles. The van der Waals surface area contributed by atoms with Gasteiger partial charge in [-0.1, -0.05) is 36.4 Å². The van der Waals surface area contributed by atoms with Gasteiger partial charge in [0.1, 0.15) is 11.6 Å². The van der Waals surface area contributed by atoms with Gasteiger partial charge in [-0.15, -0.1) is 0 Å². The molecule has 0 aliphatic heterocycles. The normalized spacial score (nSPS) is 10.7. The molecule has 0 unspecified atom stereocenters. The second-order valence-corrected chi connectivity index (χ2v) is 8.34. The summed E-state index contributed by atoms with van der Waals surface area (Å²) in [6.45, 7) is 1.70. The molecule has 0 fully saturated rings. The van der Waals surface area contributed by atoms with Gasteiger partial charge in [-0.3, -0.25) is 9.59 Å². The lowest BCUT2D eigenvalue weighted by Gasteiger charge is -2.14. The fraction of sp³-hybridized carbons (Fsp3) is 0.115. The van der Waals surface area contributed by atoms with Crippen molar-refractivity contribution in [3.8, 4) is 17.6 Å². The van der Waals surface area contributed by atoms with Gasteiger partial charge in [-0.25, -0.2) is 0 Å². The molecular weight excluding hydrogens is 545 g/mol. The number of halogens is 1. The smallest absolute Gasteiger partial charge is 0.266 e. The van der Waals surface area contributed by atoms with Crippen LogP contribution in [-0.2, 0) is 9.59 Å². The number of carbonyl (C=O) groups is 2. The second-order valence-electron chi connectivity index (χ2n) is 7.18. The van der Waals surface area contributed by atoms with Crippen LogP contribution in [0.1, 0.15) is 11.1 Å². The summed E-state index contributed by atoms with van der Waals surface area (Å²) >= 11 is 2.06. The molecule has 0 heterocycles. The Labute approximate surface area is 211 Å². The molecule has 3 aromatic rings. The van der Waals surface area contributed by atoms with Crippen LogP contribution in [0.2, 0.25) is 0 Å². The Morgan fingerprint density at radius 2 is 1.76 bits per heavy atom. The van der Waals surface area contributed by atoms with Gasteiger partial charge in [0, 0.05) is 11.4 Å². The number of ether oxygens (including phenoxy) is 2. The topological polar surface area (TPSA) is 100 Å². The Hall–Kier alpha value is -3.84. The molecule has 3 aromatic carbocycles. The number of hydrogen-bond donors (Lipinski definition) is 2. The summed E-state index contributed by atoms with van der Waals surface area (Å²) < 4.78 is 11.8.